The molecule has 0 atom stereocenters. The number of nitrogens with zero attached hydrogens (tertiary/aromatic N) is 2. The molecule has 1 aromatic heterocycles. The van der Waals surface area contributed by atoms with Gasteiger partial charge in [-0.05, 0) is 49.7 Å². The second-order valence-electron chi connectivity index (χ2n) is 6.70. The Kier molecular flexibility index (Phi) is 6.53. The van der Waals surface area contributed by atoms with Crippen molar-refractivity contribution in [1.29, 1.82) is 0 Å². The van der Waals surface area contributed by atoms with Crippen molar-refractivity contribution >= 4 is 44.5 Å². The molecule has 7 nitrogen and oxygen atoms in total. The molecular formula is C21H23BrN4O3. The van der Waals surface area contributed by atoms with E-state index in [1.807, 2.05) is 50.2 Å². The summed E-state index contributed by atoms with van der Waals surface area (Å²) in [6.07, 6.45) is 0.113. The highest BCUT2D eigenvalue weighted by atomic mass is 79.9. The summed E-state index contributed by atoms with van der Waals surface area (Å²) in [5, 5.41) is 5.39. The molecule has 0 aliphatic rings. The average Bonchev–Trinajstić information content (AvgIpc) is 2.97. The second-order valence-corrected chi connectivity index (χ2v) is 7.62. The number of para-hydroxylation sites is 2. The zero-order valence-corrected chi connectivity index (χ0v) is 18.0. The number of nitrogens with one attached hydrogen (secondary N) is 2. The Hall–Kier alpha value is -2.87. The van der Waals surface area contributed by atoms with Gasteiger partial charge in [0.05, 0.1) is 17.6 Å². The van der Waals surface area contributed by atoms with Gasteiger partial charge in [0.25, 0.3) is 0 Å². The highest BCUT2D eigenvalue weighted by Crippen LogP contribution is 2.19. The van der Waals surface area contributed by atoms with Gasteiger partial charge < -0.3 is 10.6 Å². The fourth-order valence-electron chi connectivity index (χ4n) is 3.24. The first-order chi connectivity index (χ1) is 13.9. The van der Waals surface area contributed by atoms with Crippen LogP contribution in [0, 0.1) is 6.92 Å². The van der Waals surface area contributed by atoms with Crippen LogP contribution in [-0.4, -0.2) is 27.5 Å². The summed E-state index contributed by atoms with van der Waals surface area (Å²) in [6, 6.07) is 13.1. The number of amides is 2. The number of aromatic nitrogens is 2. The Balaban J connectivity index is 1.57. The smallest absolute Gasteiger partial charge is 0.329 e. The van der Waals surface area contributed by atoms with E-state index < -0.39 is 0 Å². The van der Waals surface area contributed by atoms with Gasteiger partial charge in [0.1, 0.15) is 0 Å². The summed E-state index contributed by atoms with van der Waals surface area (Å²) >= 11 is 3.38. The lowest BCUT2D eigenvalue weighted by atomic mass is 10.2. The summed E-state index contributed by atoms with van der Waals surface area (Å²) in [5.41, 5.74) is 3.14. The third kappa shape index (κ3) is 4.76. The van der Waals surface area contributed by atoms with Gasteiger partial charge in [-0.3, -0.25) is 18.7 Å². The van der Waals surface area contributed by atoms with E-state index in [1.165, 1.54) is 0 Å². The maximum Gasteiger partial charge on any atom is 0.329 e. The lowest BCUT2D eigenvalue weighted by Gasteiger charge is -2.10. The molecule has 0 aliphatic carbocycles. The molecule has 3 aromatic rings. The first-order valence-corrected chi connectivity index (χ1v) is 10.2. The number of hydrogen-bond acceptors (Lipinski definition) is 3. The molecule has 0 unspecified atom stereocenters. The van der Waals surface area contributed by atoms with E-state index in [2.05, 4.69) is 26.6 Å². The minimum absolute atomic E-state index is 0.113. The van der Waals surface area contributed by atoms with Gasteiger partial charge in [-0.15, -0.1) is 0 Å². The molecular weight excluding hydrogens is 436 g/mol. The Morgan fingerprint density at radius 3 is 2.38 bits per heavy atom. The first-order valence-electron chi connectivity index (χ1n) is 9.41. The molecule has 0 fully saturated rings. The molecule has 0 aliphatic heterocycles. The zero-order chi connectivity index (χ0) is 21.0. The molecule has 2 aromatic carbocycles. The number of carbonyl (C=O) groups is 2. The Morgan fingerprint density at radius 1 is 1.03 bits per heavy atom. The van der Waals surface area contributed by atoms with Crippen molar-refractivity contribution in [3.05, 3.63) is 63.0 Å². The van der Waals surface area contributed by atoms with Crippen molar-refractivity contribution in [2.75, 3.05) is 11.9 Å². The number of rotatable bonds is 7. The van der Waals surface area contributed by atoms with Gasteiger partial charge in [-0.1, -0.05) is 28.1 Å². The van der Waals surface area contributed by atoms with Crippen LogP contribution in [0.2, 0.25) is 0 Å². The molecule has 0 saturated carbocycles. The molecule has 8 heteroatoms. The number of aryl methyl sites for hydroxylation is 3. The second kappa shape index (κ2) is 9.09. The van der Waals surface area contributed by atoms with Crippen LogP contribution in [0.4, 0.5) is 5.69 Å². The standard InChI is InChI=1S/C21H23BrN4O3/c1-3-25-17-6-4-5-7-18(17)26(21(25)29)11-10-19(27)23-13-20(28)24-16-9-8-15(22)12-14(16)2/h4-9,12H,3,10-11,13H2,1-2H3,(H,23,27)(H,24,28). The van der Waals surface area contributed by atoms with Crippen LogP contribution < -0.4 is 16.3 Å². The van der Waals surface area contributed by atoms with Crippen molar-refractivity contribution < 1.29 is 9.59 Å². The minimum atomic E-state index is -0.302. The predicted octanol–water partition coefficient (Wildman–Crippen LogP) is 3.04. The lowest BCUT2D eigenvalue weighted by Crippen LogP contribution is -2.34. The number of carbonyl (C=O) groups excluding carboxylic acids is 2. The Morgan fingerprint density at radius 2 is 1.72 bits per heavy atom. The van der Waals surface area contributed by atoms with E-state index in [-0.39, 0.29) is 37.0 Å². The van der Waals surface area contributed by atoms with Crippen LogP contribution in [0.15, 0.2) is 51.7 Å². The summed E-state index contributed by atoms with van der Waals surface area (Å²) in [5.74, 6) is -0.587. The zero-order valence-electron chi connectivity index (χ0n) is 16.4. The topological polar surface area (TPSA) is 85.1 Å². The number of benzene rings is 2. The van der Waals surface area contributed by atoms with E-state index in [4.69, 9.17) is 0 Å². The molecule has 2 N–H and O–H groups in total. The molecule has 0 bridgehead atoms. The van der Waals surface area contributed by atoms with Crippen LogP contribution in [0.3, 0.4) is 0 Å². The molecule has 1 heterocycles. The van der Waals surface area contributed by atoms with E-state index in [9.17, 15) is 14.4 Å². The van der Waals surface area contributed by atoms with Gasteiger partial charge >= 0.3 is 5.69 Å². The van der Waals surface area contributed by atoms with Crippen LogP contribution in [0.25, 0.3) is 11.0 Å². The van der Waals surface area contributed by atoms with Crippen LogP contribution in [0.5, 0.6) is 0 Å². The maximum atomic E-state index is 12.6. The number of anilines is 1. The predicted molar refractivity (Wildman–Crippen MR) is 117 cm³/mol. The van der Waals surface area contributed by atoms with Crippen molar-refractivity contribution in [3.63, 3.8) is 0 Å². The molecule has 152 valence electrons. The van der Waals surface area contributed by atoms with Crippen LogP contribution in [0.1, 0.15) is 18.9 Å². The van der Waals surface area contributed by atoms with Gasteiger partial charge in [0.2, 0.25) is 11.8 Å². The van der Waals surface area contributed by atoms with Crippen molar-refractivity contribution in [2.45, 2.75) is 33.4 Å². The Labute approximate surface area is 176 Å². The van der Waals surface area contributed by atoms with Crippen molar-refractivity contribution in [3.8, 4) is 0 Å². The van der Waals surface area contributed by atoms with E-state index in [0.717, 1.165) is 21.1 Å². The van der Waals surface area contributed by atoms with Gasteiger partial charge in [-0.25, -0.2) is 4.79 Å². The maximum absolute atomic E-state index is 12.6. The lowest BCUT2D eigenvalue weighted by molar-refractivity contribution is -0.124. The molecule has 29 heavy (non-hydrogen) atoms. The van der Waals surface area contributed by atoms with E-state index in [1.54, 1.807) is 15.2 Å². The highest BCUT2D eigenvalue weighted by Gasteiger charge is 2.13. The number of halogens is 1. The number of imidazole rings is 1. The first kappa shape index (κ1) is 20.9. The fourth-order valence-corrected chi connectivity index (χ4v) is 3.71. The van der Waals surface area contributed by atoms with Crippen LogP contribution >= 0.6 is 15.9 Å². The molecule has 3 rings (SSSR count). The molecule has 0 spiro atoms. The van der Waals surface area contributed by atoms with Crippen molar-refractivity contribution in [1.82, 2.24) is 14.5 Å². The van der Waals surface area contributed by atoms with E-state index >= 15 is 0 Å². The third-order valence-corrected chi connectivity index (χ3v) is 5.21. The van der Waals surface area contributed by atoms with Gasteiger partial charge in [-0.2, -0.15) is 0 Å². The SMILES string of the molecule is CCn1c(=O)n(CCC(=O)NCC(=O)Nc2ccc(Br)cc2C)c2ccccc21. The summed E-state index contributed by atoms with van der Waals surface area (Å²) < 4.78 is 4.21. The van der Waals surface area contributed by atoms with E-state index in [0.29, 0.717) is 12.2 Å². The van der Waals surface area contributed by atoms with Gasteiger partial charge in [0, 0.05) is 29.7 Å². The summed E-state index contributed by atoms with van der Waals surface area (Å²) in [7, 11) is 0. The number of hydrogen-bond donors (Lipinski definition) is 2. The quantitative estimate of drug-likeness (QED) is 0.570. The summed E-state index contributed by atoms with van der Waals surface area (Å²) in [4.78, 5) is 36.9. The number of fused-ring (bicyclic) bond motifs is 1. The molecule has 0 radical (unpaired) electrons. The van der Waals surface area contributed by atoms with Gasteiger partial charge in [0.15, 0.2) is 0 Å². The third-order valence-electron chi connectivity index (χ3n) is 4.71. The summed E-state index contributed by atoms with van der Waals surface area (Å²) in [6.45, 7) is 4.50. The van der Waals surface area contributed by atoms with Crippen LogP contribution in [-0.2, 0) is 22.7 Å². The largest absolute Gasteiger partial charge is 0.347 e. The monoisotopic (exact) mass is 458 g/mol. The molecule has 0 saturated heterocycles. The molecule has 2 amide bonds. The highest BCUT2D eigenvalue weighted by molar-refractivity contribution is 9.10. The minimum Gasteiger partial charge on any atom is -0.347 e. The normalized spacial score (nSPS) is 10.9. The Bertz CT molecular complexity index is 1120. The average molecular weight is 459 g/mol. The fraction of sp³-hybridized carbons (Fsp3) is 0.286. The van der Waals surface area contributed by atoms with Crippen molar-refractivity contribution in [2.24, 2.45) is 0 Å².